The predicted octanol–water partition coefficient (Wildman–Crippen LogP) is 4.48. The van der Waals surface area contributed by atoms with Crippen molar-refractivity contribution < 1.29 is 4.79 Å². The van der Waals surface area contributed by atoms with Crippen LogP contribution in [0.5, 0.6) is 0 Å². The molecule has 128 valence electrons. The lowest BCUT2D eigenvalue weighted by molar-refractivity contribution is -0.113. The van der Waals surface area contributed by atoms with E-state index in [1.807, 2.05) is 30.3 Å². The Morgan fingerprint density at radius 2 is 2.08 bits per heavy atom. The number of fused-ring (bicyclic) bond motifs is 2. The first-order valence-corrected chi connectivity index (χ1v) is 9.72. The third kappa shape index (κ3) is 3.56. The van der Waals surface area contributed by atoms with Crippen LogP contribution in [0.25, 0.3) is 11.0 Å². The smallest absolute Gasteiger partial charge is 0.234 e. The van der Waals surface area contributed by atoms with Crippen LogP contribution >= 0.6 is 11.8 Å². The fraction of sp³-hybridized carbons (Fsp3) is 0.300. The number of aromatic nitrogens is 2. The van der Waals surface area contributed by atoms with Gasteiger partial charge in [-0.25, -0.2) is 4.98 Å². The summed E-state index contributed by atoms with van der Waals surface area (Å²) in [4.78, 5) is 20.2. The number of H-pyrrole nitrogens is 1. The van der Waals surface area contributed by atoms with Crippen LogP contribution in [-0.2, 0) is 17.6 Å². The predicted molar refractivity (Wildman–Crippen MR) is 104 cm³/mol. The van der Waals surface area contributed by atoms with Crippen molar-refractivity contribution in [1.82, 2.24) is 9.97 Å². The summed E-state index contributed by atoms with van der Waals surface area (Å²) in [6, 6.07) is 14.3. The summed E-state index contributed by atoms with van der Waals surface area (Å²) in [7, 11) is 0. The summed E-state index contributed by atoms with van der Waals surface area (Å²) in [5.74, 6) is 1.36. The number of rotatable bonds is 5. The zero-order valence-corrected chi connectivity index (χ0v) is 15.0. The van der Waals surface area contributed by atoms with E-state index in [2.05, 4.69) is 34.3 Å². The number of benzene rings is 2. The van der Waals surface area contributed by atoms with Crippen molar-refractivity contribution >= 4 is 34.4 Å². The van der Waals surface area contributed by atoms with Crippen molar-refractivity contribution in [1.29, 1.82) is 0 Å². The van der Waals surface area contributed by atoms with E-state index in [0.29, 0.717) is 5.75 Å². The van der Waals surface area contributed by atoms with E-state index in [4.69, 9.17) is 0 Å². The molecule has 0 bridgehead atoms. The summed E-state index contributed by atoms with van der Waals surface area (Å²) in [6.45, 7) is 2.07. The molecule has 0 saturated carbocycles. The van der Waals surface area contributed by atoms with Gasteiger partial charge in [-0.3, -0.25) is 4.79 Å². The summed E-state index contributed by atoms with van der Waals surface area (Å²) >= 11 is 1.59. The molecule has 1 aliphatic rings. The Morgan fingerprint density at radius 3 is 2.96 bits per heavy atom. The highest BCUT2D eigenvalue weighted by Crippen LogP contribution is 2.28. The molecule has 0 spiro atoms. The van der Waals surface area contributed by atoms with E-state index in [-0.39, 0.29) is 11.2 Å². The molecule has 2 aromatic carbocycles. The Kier molecular flexibility index (Phi) is 4.49. The average Bonchev–Trinajstić information content (AvgIpc) is 3.25. The lowest BCUT2D eigenvalue weighted by atomic mass is 10.1. The number of hydrogen-bond donors (Lipinski definition) is 2. The molecule has 0 fully saturated rings. The molecule has 1 amide bonds. The van der Waals surface area contributed by atoms with E-state index >= 15 is 0 Å². The van der Waals surface area contributed by atoms with E-state index < -0.39 is 0 Å². The van der Waals surface area contributed by atoms with Gasteiger partial charge in [-0.1, -0.05) is 18.2 Å². The largest absolute Gasteiger partial charge is 0.341 e. The van der Waals surface area contributed by atoms with Crippen LogP contribution in [0.1, 0.15) is 35.5 Å². The van der Waals surface area contributed by atoms with Gasteiger partial charge in [0, 0.05) is 5.69 Å². The Hall–Kier alpha value is -2.27. The van der Waals surface area contributed by atoms with E-state index in [9.17, 15) is 4.79 Å². The number of carbonyl (C=O) groups is 1. The summed E-state index contributed by atoms with van der Waals surface area (Å²) in [5, 5.41) is 3.15. The fourth-order valence-corrected chi connectivity index (χ4v) is 4.03. The quantitative estimate of drug-likeness (QED) is 0.712. The number of carbonyl (C=O) groups excluding carboxylic acids is 1. The minimum Gasteiger partial charge on any atom is -0.341 e. The van der Waals surface area contributed by atoms with Crippen LogP contribution in [-0.4, -0.2) is 21.6 Å². The Labute approximate surface area is 151 Å². The number of amides is 1. The first kappa shape index (κ1) is 16.2. The second-order valence-electron chi connectivity index (χ2n) is 6.48. The molecular formula is C20H21N3OS. The van der Waals surface area contributed by atoms with Crippen LogP contribution in [0.2, 0.25) is 0 Å². The molecular weight excluding hydrogens is 330 g/mol. The van der Waals surface area contributed by atoms with Gasteiger partial charge in [0.2, 0.25) is 5.91 Å². The second kappa shape index (κ2) is 6.92. The zero-order valence-electron chi connectivity index (χ0n) is 14.2. The number of nitrogens with zero attached hydrogens (tertiary/aromatic N) is 1. The molecule has 25 heavy (non-hydrogen) atoms. The normalized spacial score (nSPS) is 14.4. The van der Waals surface area contributed by atoms with Crippen LogP contribution in [0, 0.1) is 0 Å². The maximum atomic E-state index is 12.3. The molecule has 0 aliphatic heterocycles. The van der Waals surface area contributed by atoms with Crippen LogP contribution < -0.4 is 5.32 Å². The minimum absolute atomic E-state index is 0.0332. The van der Waals surface area contributed by atoms with Crippen LogP contribution in [0.4, 0.5) is 5.69 Å². The van der Waals surface area contributed by atoms with Crippen molar-refractivity contribution in [2.75, 3.05) is 11.1 Å². The summed E-state index contributed by atoms with van der Waals surface area (Å²) in [5.41, 5.74) is 5.70. The topological polar surface area (TPSA) is 57.8 Å². The van der Waals surface area contributed by atoms with E-state index in [1.54, 1.807) is 11.8 Å². The molecule has 5 heteroatoms. The molecule has 0 radical (unpaired) electrons. The lowest BCUT2D eigenvalue weighted by Crippen LogP contribution is -2.15. The van der Waals surface area contributed by atoms with Crippen molar-refractivity contribution in [2.24, 2.45) is 0 Å². The first-order chi connectivity index (χ1) is 12.2. The highest BCUT2D eigenvalue weighted by molar-refractivity contribution is 8.00. The molecule has 1 aromatic heterocycles. The molecule has 0 unspecified atom stereocenters. The van der Waals surface area contributed by atoms with Gasteiger partial charge in [-0.05, 0) is 61.6 Å². The van der Waals surface area contributed by atoms with Crippen molar-refractivity contribution in [2.45, 2.75) is 31.4 Å². The minimum atomic E-state index is 0.0332. The molecule has 0 saturated heterocycles. The van der Waals surface area contributed by atoms with Crippen molar-refractivity contribution in [3.05, 3.63) is 59.4 Å². The average molecular weight is 351 g/mol. The number of thioether (sulfide) groups is 1. The van der Waals surface area contributed by atoms with Gasteiger partial charge in [-0.15, -0.1) is 11.8 Å². The van der Waals surface area contributed by atoms with E-state index in [1.165, 1.54) is 17.5 Å². The van der Waals surface area contributed by atoms with Gasteiger partial charge >= 0.3 is 0 Å². The SMILES string of the molecule is C[C@@H](SCC(=O)Nc1ccc2c(c1)CCC2)c1nc2ccccc2[nH]1. The number of aromatic amines is 1. The van der Waals surface area contributed by atoms with Crippen LogP contribution in [0.15, 0.2) is 42.5 Å². The maximum Gasteiger partial charge on any atom is 0.234 e. The maximum absolute atomic E-state index is 12.3. The van der Waals surface area contributed by atoms with Gasteiger partial charge in [-0.2, -0.15) is 0 Å². The van der Waals surface area contributed by atoms with Gasteiger partial charge in [0.1, 0.15) is 5.82 Å². The van der Waals surface area contributed by atoms with E-state index in [0.717, 1.165) is 35.4 Å². The van der Waals surface area contributed by atoms with Gasteiger partial charge in [0.25, 0.3) is 0 Å². The van der Waals surface area contributed by atoms with Crippen LogP contribution in [0.3, 0.4) is 0 Å². The van der Waals surface area contributed by atoms with Gasteiger partial charge in [0.15, 0.2) is 0 Å². The number of aryl methyl sites for hydroxylation is 2. The lowest BCUT2D eigenvalue weighted by Gasteiger charge is -2.10. The van der Waals surface area contributed by atoms with Crippen molar-refractivity contribution in [3.8, 4) is 0 Å². The number of para-hydroxylation sites is 2. The van der Waals surface area contributed by atoms with Gasteiger partial charge in [0.05, 0.1) is 22.0 Å². The molecule has 2 N–H and O–H groups in total. The molecule has 1 aliphatic carbocycles. The Morgan fingerprint density at radius 1 is 1.24 bits per heavy atom. The molecule has 4 rings (SSSR count). The van der Waals surface area contributed by atoms with Gasteiger partial charge < -0.3 is 10.3 Å². The highest BCUT2D eigenvalue weighted by atomic mass is 32.2. The standard InChI is InChI=1S/C20H21N3OS/c1-13(20-22-17-7-2-3-8-18(17)23-20)25-12-19(24)21-16-10-9-14-5-4-6-15(14)11-16/h2-3,7-11,13H,4-6,12H2,1H3,(H,21,24)(H,22,23)/t13-/m1/s1. The Balaban J connectivity index is 1.35. The second-order valence-corrected chi connectivity index (χ2v) is 7.81. The highest BCUT2D eigenvalue weighted by Gasteiger charge is 2.15. The monoisotopic (exact) mass is 351 g/mol. The third-order valence-corrected chi connectivity index (χ3v) is 5.79. The third-order valence-electron chi connectivity index (χ3n) is 4.64. The number of nitrogens with one attached hydrogen (secondary N) is 2. The first-order valence-electron chi connectivity index (χ1n) is 8.67. The number of hydrogen-bond acceptors (Lipinski definition) is 3. The van der Waals surface area contributed by atoms with Crippen molar-refractivity contribution in [3.63, 3.8) is 0 Å². The number of anilines is 1. The zero-order chi connectivity index (χ0) is 17.2. The molecule has 1 heterocycles. The molecule has 1 atom stereocenters. The summed E-state index contributed by atoms with van der Waals surface area (Å²) in [6.07, 6.45) is 3.50. The molecule has 3 aromatic rings. The molecule has 4 nitrogen and oxygen atoms in total. The summed E-state index contributed by atoms with van der Waals surface area (Å²) < 4.78 is 0. The Bertz CT molecular complexity index is 885. The number of imidazole rings is 1. The fourth-order valence-electron chi connectivity index (χ4n) is 3.29.